The summed E-state index contributed by atoms with van der Waals surface area (Å²) in [6, 6.07) is 18.7. The molecule has 0 amide bonds. The maximum atomic E-state index is 13.1. The summed E-state index contributed by atoms with van der Waals surface area (Å²) in [5, 5.41) is 9.80. The number of pyridine rings is 1. The maximum absolute atomic E-state index is 13.1. The SMILES string of the molecule is CC(C)(C)c1nn(-c2ccccc2)c2nc(Cl)c(CNCCc3ccc(F)cc3)cc12. The highest BCUT2D eigenvalue weighted by Crippen LogP contribution is 2.32. The minimum Gasteiger partial charge on any atom is -0.312 e. The summed E-state index contributed by atoms with van der Waals surface area (Å²) >= 11 is 6.57. The number of hydrogen-bond donors (Lipinski definition) is 1. The first-order chi connectivity index (χ1) is 14.8. The van der Waals surface area contributed by atoms with Crippen molar-refractivity contribution in [2.24, 2.45) is 0 Å². The Morgan fingerprint density at radius 2 is 1.74 bits per heavy atom. The first-order valence-electron chi connectivity index (χ1n) is 10.4. The van der Waals surface area contributed by atoms with Gasteiger partial charge in [0.2, 0.25) is 0 Å². The Morgan fingerprint density at radius 3 is 2.42 bits per heavy atom. The number of halogens is 2. The molecule has 0 aliphatic heterocycles. The molecule has 2 heterocycles. The average molecular weight is 437 g/mol. The highest BCUT2D eigenvalue weighted by Gasteiger charge is 2.24. The van der Waals surface area contributed by atoms with Gasteiger partial charge in [0.15, 0.2) is 5.65 Å². The lowest BCUT2D eigenvalue weighted by molar-refractivity contribution is 0.565. The second-order valence-corrected chi connectivity index (χ2v) is 9.07. The van der Waals surface area contributed by atoms with E-state index in [0.29, 0.717) is 11.7 Å². The monoisotopic (exact) mass is 436 g/mol. The second kappa shape index (κ2) is 8.77. The summed E-state index contributed by atoms with van der Waals surface area (Å²) in [5.74, 6) is -0.214. The summed E-state index contributed by atoms with van der Waals surface area (Å²) in [7, 11) is 0. The van der Waals surface area contributed by atoms with E-state index >= 15 is 0 Å². The molecule has 0 bridgehead atoms. The number of aromatic nitrogens is 3. The zero-order valence-electron chi connectivity index (χ0n) is 18.0. The number of hydrogen-bond acceptors (Lipinski definition) is 3. The maximum Gasteiger partial charge on any atom is 0.164 e. The second-order valence-electron chi connectivity index (χ2n) is 8.71. The molecule has 160 valence electrons. The summed E-state index contributed by atoms with van der Waals surface area (Å²) < 4.78 is 14.9. The molecule has 0 saturated heterocycles. The van der Waals surface area contributed by atoms with Crippen LogP contribution in [0.25, 0.3) is 16.7 Å². The van der Waals surface area contributed by atoms with E-state index in [-0.39, 0.29) is 11.2 Å². The topological polar surface area (TPSA) is 42.7 Å². The van der Waals surface area contributed by atoms with Crippen LogP contribution in [0, 0.1) is 5.82 Å². The van der Waals surface area contributed by atoms with E-state index in [1.807, 2.05) is 47.1 Å². The highest BCUT2D eigenvalue weighted by atomic mass is 35.5. The van der Waals surface area contributed by atoms with Crippen LogP contribution in [0.1, 0.15) is 37.6 Å². The van der Waals surface area contributed by atoms with E-state index in [4.69, 9.17) is 21.7 Å². The van der Waals surface area contributed by atoms with Gasteiger partial charge in [-0.25, -0.2) is 14.1 Å². The van der Waals surface area contributed by atoms with Crippen LogP contribution in [0.4, 0.5) is 4.39 Å². The quantitative estimate of drug-likeness (QED) is 0.305. The van der Waals surface area contributed by atoms with Crippen molar-refractivity contribution in [1.29, 1.82) is 0 Å². The molecule has 0 aliphatic rings. The van der Waals surface area contributed by atoms with E-state index in [0.717, 1.165) is 46.5 Å². The van der Waals surface area contributed by atoms with Crippen LogP contribution in [0.5, 0.6) is 0 Å². The highest BCUT2D eigenvalue weighted by molar-refractivity contribution is 6.30. The molecule has 4 rings (SSSR count). The molecule has 2 aromatic carbocycles. The lowest BCUT2D eigenvalue weighted by Crippen LogP contribution is -2.17. The van der Waals surface area contributed by atoms with Gasteiger partial charge in [-0.3, -0.25) is 0 Å². The standard InChI is InChI=1S/C25H26ClFN4/c1-25(2,3)22-21-15-18(16-28-14-13-17-9-11-19(27)12-10-17)23(26)29-24(21)31(30-22)20-7-5-4-6-8-20/h4-12,15,28H,13-14,16H2,1-3H3. The molecule has 0 unspecified atom stereocenters. The van der Waals surface area contributed by atoms with Crippen molar-refractivity contribution in [2.75, 3.05) is 6.54 Å². The fourth-order valence-electron chi connectivity index (χ4n) is 3.59. The van der Waals surface area contributed by atoms with Gasteiger partial charge in [-0.2, -0.15) is 5.10 Å². The Kier molecular flexibility index (Phi) is 6.08. The summed E-state index contributed by atoms with van der Waals surface area (Å²) in [6.45, 7) is 7.82. The van der Waals surface area contributed by atoms with Crippen LogP contribution < -0.4 is 5.32 Å². The van der Waals surface area contributed by atoms with Crippen molar-refractivity contribution in [3.63, 3.8) is 0 Å². The van der Waals surface area contributed by atoms with Crippen molar-refractivity contribution >= 4 is 22.6 Å². The van der Waals surface area contributed by atoms with E-state index in [9.17, 15) is 4.39 Å². The number of benzene rings is 2. The number of fused-ring (bicyclic) bond motifs is 1. The van der Waals surface area contributed by atoms with Gasteiger partial charge in [0.05, 0.1) is 11.4 Å². The Bertz CT molecular complexity index is 1180. The minimum atomic E-state index is -0.214. The molecular weight excluding hydrogens is 411 g/mol. The lowest BCUT2D eigenvalue weighted by atomic mass is 9.90. The fraction of sp³-hybridized carbons (Fsp3) is 0.280. The summed E-state index contributed by atoms with van der Waals surface area (Å²) in [6.07, 6.45) is 0.812. The van der Waals surface area contributed by atoms with E-state index in [1.54, 1.807) is 0 Å². The number of rotatable bonds is 6. The van der Waals surface area contributed by atoms with Gasteiger partial charge < -0.3 is 5.32 Å². The lowest BCUT2D eigenvalue weighted by Gasteiger charge is -2.15. The Balaban J connectivity index is 1.60. The predicted molar refractivity (Wildman–Crippen MR) is 124 cm³/mol. The molecule has 4 nitrogen and oxygen atoms in total. The van der Waals surface area contributed by atoms with Gasteiger partial charge in [-0.1, -0.05) is 62.7 Å². The average Bonchev–Trinajstić information content (AvgIpc) is 3.12. The van der Waals surface area contributed by atoms with E-state index in [1.165, 1.54) is 12.1 Å². The van der Waals surface area contributed by atoms with Crippen molar-refractivity contribution in [3.8, 4) is 5.69 Å². The van der Waals surface area contributed by atoms with Crippen molar-refractivity contribution < 1.29 is 4.39 Å². The third kappa shape index (κ3) is 4.78. The van der Waals surface area contributed by atoms with Gasteiger partial charge in [-0.15, -0.1) is 0 Å². The van der Waals surface area contributed by atoms with Crippen LogP contribution in [-0.4, -0.2) is 21.3 Å². The van der Waals surface area contributed by atoms with Gasteiger partial charge in [0.1, 0.15) is 11.0 Å². The molecule has 0 saturated carbocycles. The Hall–Kier alpha value is -2.76. The molecule has 2 aromatic heterocycles. The molecule has 0 aliphatic carbocycles. The summed E-state index contributed by atoms with van der Waals surface area (Å²) in [4.78, 5) is 4.72. The normalized spacial score (nSPS) is 11.9. The van der Waals surface area contributed by atoms with Gasteiger partial charge >= 0.3 is 0 Å². The molecule has 0 radical (unpaired) electrons. The number of nitrogens with one attached hydrogen (secondary N) is 1. The molecule has 4 aromatic rings. The van der Waals surface area contributed by atoms with Crippen LogP contribution in [0.15, 0.2) is 60.7 Å². The zero-order chi connectivity index (χ0) is 22.0. The van der Waals surface area contributed by atoms with Crippen LogP contribution >= 0.6 is 11.6 Å². The first-order valence-corrected chi connectivity index (χ1v) is 10.8. The van der Waals surface area contributed by atoms with Crippen LogP contribution in [0.3, 0.4) is 0 Å². The van der Waals surface area contributed by atoms with E-state index in [2.05, 4.69) is 32.2 Å². The number of para-hydroxylation sites is 1. The van der Waals surface area contributed by atoms with Gasteiger partial charge in [0, 0.05) is 22.9 Å². The molecule has 6 heteroatoms. The fourth-order valence-corrected chi connectivity index (χ4v) is 3.80. The van der Waals surface area contributed by atoms with Gasteiger partial charge in [-0.05, 0) is 48.9 Å². The molecule has 0 fully saturated rings. The largest absolute Gasteiger partial charge is 0.312 e. The molecule has 0 atom stereocenters. The van der Waals surface area contributed by atoms with Crippen molar-refractivity contribution in [2.45, 2.75) is 39.2 Å². The Morgan fingerprint density at radius 1 is 1.03 bits per heavy atom. The smallest absolute Gasteiger partial charge is 0.164 e. The number of nitrogens with zero attached hydrogens (tertiary/aromatic N) is 3. The molecule has 1 N–H and O–H groups in total. The Labute approximate surface area is 187 Å². The minimum absolute atomic E-state index is 0.138. The molecule has 31 heavy (non-hydrogen) atoms. The first kappa shape index (κ1) is 21.5. The third-order valence-electron chi connectivity index (χ3n) is 5.21. The van der Waals surface area contributed by atoms with Crippen molar-refractivity contribution in [1.82, 2.24) is 20.1 Å². The predicted octanol–water partition coefficient (Wildman–Crippen LogP) is 5.84. The van der Waals surface area contributed by atoms with Crippen molar-refractivity contribution in [3.05, 3.63) is 88.5 Å². The van der Waals surface area contributed by atoms with E-state index < -0.39 is 0 Å². The van der Waals surface area contributed by atoms with Gasteiger partial charge in [0.25, 0.3) is 0 Å². The van der Waals surface area contributed by atoms with Crippen LogP contribution in [-0.2, 0) is 18.4 Å². The third-order valence-corrected chi connectivity index (χ3v) is 5.54. The molecule has 0 spiro atoms. The zero-order valence-corrected chi connectivity index (χ0v) is 18.7. The molecular formula is C25H26ClFN4. The summed E-state index contributed by atoms with van der Waals surface area (Å²) in [5.41, 5.74) is 4.59. The van der Waals surface area contributed by atoms with Crippen LogP contribution in [0.2, 0.25) is 5.15 Å².